The van der Waals surface area contributed by atoms with Crippen molar-refractivity contribution in [3.8, 4) is 22.5 Å². The minimum atomic E-state index is -0.525. The van der Waals surface area contributed by atoms with Crippen LogP contribution in [0.15, 0.2) is 48.8 Å². The van der Waals surface area contributed by atoms with Gasteiger partial charge in [0, 0.05) is 23.9 Å². The number of pyridine rings is 1. The Labute approximate surface area is 148 Å². The van der Waals surface area contributed by atoms with Crippen LogP contribution in [0.3, 0.4) is 0 Å². The number of carbonyl (C=O) groups is 1. The lowest BCUT2D eigenvalue weighted by atomic mass is 10.0. The number of ether oxygens (including phenoxy) is 1. The lowest BCUT2D eigenvalue weighted by Gasteiger charge is -2.14. The van der Waals surface area contributed by atoms with Gasteiger partial charge in [0.2, 0.25) is 0 Å². The number of nitrogens with two attached hydrogens (primary N) is 1. The van der Waals surface area contributed by atoms with Gasteiger partial charge in [0.05, 0.1) is 29.8 Å². The first-order chi connectivity index (χ1) is 12.7. The van der Waals surface area contributed by atoms with Crippen molar-refractivity contribution < 1.29 is 13.9 Å². The van der Waals surface area contributed by atoms with Gasteiger partial charge in [-0.2, -0.15) is 5.10 Å². The number of H-pyrrole nitrogens is 1. The Morgan fingerprint density at radius 3 is 2.88 bits per heavy atom. The van der Waals surface area contributed by atoms with Crippen molar-refractivity contribution >= 4 is 11.8 Å². The number of benzene rings is 1. The molecule has 1 aliphatic rings. The number of nitrogens with zero attached hydrogens (tertiary/aromatic N) is 3. The van der Waals surface area contributed by atoms with Gasteiger partial charge in [-0.1, -0.05) is 6.07 Å². The lowest BCUT2D eigenvalue weighted by Crippen LogP contribution is -2.27. The number of amides is 1. The quantitative estimate of drug-likeness (QED) is 0.751. The third-order valence-corrected chi connectivity index (χ3v) is 4.25. The van der Waals surface area contributed by atoms with Crippen LogP contribution < -0.4 is 10.6 Å². The molecule has 1 fully saturated rings. The normalized spacial score (nSPS) is 16.8. The number of nitrogens with one attached hydrogen (secondary N) is 1. The standard InChI is InChI=1S/C18H16FN5O2/c19-15-7-11(24-10-12(8-20)26-18(24)25)4-5-13(15)17-14(9-22-23-17)16-3-1-2-6-21-16/h1-7,9,12H,8,10,20H2,(H,22,23). The van der Waals surface area contributed by atoms with E-state index in [9.17, 15) is 9.18 Å². The lowest BCUT2D eigenvalue weighted by molar-refractivity contribution is 0.145. The van der Waals surface area contributed by atoms with E-state index < -0.39 is 11.9 Å². The Morgan fingerprint density at radius 1 is 1.31 bits per heavy atom. The van der Waals surface area contributed by atoms with Gasteiger partial charge in [0.25, 0.3) is 0 Å². The van der Waals surface area contributed by atoms with Crippen molar-refractivity contribution in [3.05, 3.63) is 54.6 Å². The number of anilines is 1. The van der Waals surface area contributed by atoms with Crippen molar-refractivity contribution in [2.24, 2.45) is 5.73 Å². The van der Waals surface area contributed by atoms with Crippen LogP contribution in [0.1, 0.15) is 0 Å². The molecule has 1 aromatic carbocycles. The van der Waals surface area contributed by atoms with Crippen molar-refractivity contribution in [2.75, 3.05) is 18.0 Å². The molecule has 132 valence electrons. The van der Waals surface area contributed by atoms with Gasteiger partial charge in [-0.25, -0.2) is 9.18 Å². The summed E-state index contributed by atoms with van der Waals surface area (Å²) >= 11 is 0. The summed E-state index contributed by atoms with van der Waals surface area (Å²) in [6, 6.07) is 10.1. The molecule has 3 N–H and O–H groups in total. The van der Waals surface area contributed by atoms with Crippen LogP contribution in [0.4, 0.5) is 14.9 Å². The zero-order valence-electron chi connectivity index (χ0n) is 13.7. The molecule has 3 heterocycles. The molecule has 1 unspecified atom stereocenters. The topological polar surface area (TPSA) is 97.1 Å². The predicted molar refractivity (Wildman–Crippen MR) is 93.9 cm³/mol. The van der Waals surface area contributed by atoms with E-state index in [0.29, 0.717) is 34.7 Å². The van der Waals surface area contributed by atoms with Gasteiger partial charge in [0.15, 0.2) is 0 Å². The molecule has 1 amide bonds. The van der Waals surface area contributed by atoms with Gasteiger partial charge < -0.3 is 10.5 Å². The van der Waals surface area contributed by atoms with E-state index in [-0.39, 0.29) is 12.6 Å². The maximum atomic E-state index is 14.8. The first-order valence-corrected chi connectivity index (χ1v) is 8.10. The van der Waals surface area contributed by atoms with Crippen molar-refractivity contribution in [1.29, 1.82) is 0 Å². The fraction of sp³-hybridized carbons (Fsp3) is 0.167. The Kier molecular flexibility index (Phi) is 4.10. The molecule has 1 atom stereocenters. The smallest absolute Gasteiger partial charge is 0.414 e. The highest BCUT2D eigenvalue weighted by atomic mass is 19.1. The van der Waals surface area contributed by atoms with E-state index >= 15 is 0 Å². The van der Waals surface area contributed by atoms with Crippen LogP contribution in [0, 0.1) is 5.82 Å². The summed E-state index contributed by atoms with van der Waals surface area (Å²) in [5.74, 6) is -0.479. The Hall–Kier alpha value is -3.26. The maximum absolute atomic E-state index is 14.8. The van der Waals surface area contributed by atoms with Gasteiger partial charge in [-0.3, -0.25) is 15.0 Å². The molecule has 0 radical (unpaired) electrons. The number of aromatic nitrogens is 3. The molecule has 2 aromatic heterocycles. The summed E-state index contributed by atoms with van der Waals surface area (Å²) in [6.07, 6.45) is 2.37. The molecular weight excluding hydrogens is 337 g/mol. The molecule has 0 bridgehead atoms. The molecule has 26 heavy (non-hydrogen) atoms. The van der Waals surface area contributed by atoms with Crippen LogP contribution in [0.5, 0.6) is 0 Å². The van der Waals surface area contributed by atoms with Crippen LogP contribution in [0.25, 0.3) is 22.5 Å². The zero-order valence-corrected chi connectivity index (χ0v) is 13.7. The summed E-state index contributed by atoms with van der Waals surface area (Å²) in [5, 5.41) is 6.84. The van der Waals surface area contributed by atoms with E-state index in [2.05, 4.69) is 15.2 Å². The number of aromatic amines is 1. The highest BCUT2D eigenvalue weighted by molar-refractivity contribution is 5.90. The van der Waals surface area contributed by atoms with Gasteiger partial charge in [-0.05, 0) is 30.3 Å². The molecule has 1 saturated heterocycles. The van der Waals surface area contributed by atoms with Gasteiger partial charge in [0.1, 0.15) is 11.9 Å². The van der Waals surface area contributed by atoms with E-state index in [1.165, 1.54) is 11.0 Å². The second kappa shape index (κ2) is 6.57. The minimum Gasteiger partial charge on any atom is -0.443 e. The number of rotatable bonds is 4. The average molecular weight is 353 g/mol. The minimum absolute atomic E-state index is 0.227. The summed E-state index contributed by atoms with van der Waals surface area (Å²) in [4.78, 5) is 17.6. The number of halogens is 1. The third kappa shape index (κ3) is 2.80. The molecule has 3 aromatic rings. The second-order valence-corrected chi connectivity index (χ2v) is 5.89. The molecule has 7 nitrogen and oxygen atoms in total. The largest absolute Gasteiger partial charge is 0.443 e. The molecule has 1 aliphatic heterocycles. The highest BCUT2D eigenvalue weighted by Crippen LogP contribution is 2.33. The average Bonchev–Trinajstić information content (AvgIpc) is 3.29. The summed E-state index contributed by atoms with van der Waals surface area (Å²) in [7, 11) is 0. The van der Waals surface area contributed by atoms with Gasteiger partial charge >= 0.3 is 6.09 Å². The van der Waals surface area contributed by atoms with Crippen LogP contribution in [-0.4, -0.2) is 40.5 Å². The summed E-state index contributed by atoms with van der Waals surface area (Å²) in [5.41, 5.74) is 8.20. The Morgan fingerprint density at radius 2 is 2.19 bits per heavy atom. The Bertz CT molecular complexity index is 944. The summed E-state index contributed by atoms with van der Waals surface area (Å²) in [6.45, 7) is 0.530. The Balaban J connectivity index is 1.68. The first kappa shape index (κ1) is 16.2. The van der Waals surface area contributed by atoms with Gasteiger partial charge in [-0.15, -0.1) is 0 Å². The fourth-order valence-electron chi connectivity index (χ4n) is 2.94. The molecular formula is C18H16FN5O2. The number of carbonyl (C=O) groups excluding carboxylic acids is 1. The van der Waals surface area contributed by atoms with Crippen LogP contribution in [0.2, 0.25) is 0 Å². The molecule has 0 spiro atoms. The van der Waals surface area contributed by atoms with E-state index in [0.717, 1.165) is 0 Å². The van der Waals surface area contributed by atoms with Crippen LogP contribution >= 0.6 is 0 Å². The SMILES string of the molecule is NCC1CN(c2ccc(-c3[nH]ncc3-c3ccccn3)c(F)c2)C(=O)O1. The second-order valence-electron chi connectivity index (χ2n) is 5.89. The van der Waals surface area contributed by atoms with Crippen molar-refractivity contribution in [1.82, 2.24) is 15.2 Å². The highest BCUT2D eigenvalue weighted by Gasteiger charge is 2.31. The molecule has 0 saturated carbocycles. The fourth-order valence-corrected chi connectivity index (χ4v) is 2.94. The first-order valence-electron chi connectivity index (χ1n) is 8.10. The van der Waals surface area contributed by atoms with Crippen molar-refractivity contribution in [3.63, 3.8) is 0 Å². The van der Waals surface area contributed by atoms with E-state index in [4.69, 9.17) is 10.5 Å². The number of hydrogen-bond donors (Lipinski definition) is 2. The molecule has 4 rings (SSSR count). The maximum Gasteiger partial charge on any atom is 0.414 e. The molecule has 8 heteroatoms. The zero-order chi connectivity index (χ0) is 18.1. The number of hydrogen-bond acceptors (Lipinski definition) is 5. The molecule has 0 aliphatic carbocycles. The summed E-state index contributed by atoms with van der Waals surface area (Å²) < 4.78 is 19.9. The number of cyclic esters (lactones) is 1. The van der Waals surface area contributed by atoms with E-state index in [1.807, 2.05) is 18.2 Å². The van der Waals surface area contributed by atoms with Crippen molar-refractivity contribution in [2.45, 2.75) is 6.10 Å². The van der Waals surface area contributed by atoms with E-state index in [1.54, 1.807) is 24.5 Å². The third-order valence-electron chi connectivity index (χ3n) is 4.25. The monoisotopic (exact) mass is 353 g/mol. The van der Waals surface area contributed by atoms with Crippen LogP contribution in [-0.2, 0) is 4.74 Å². The predicted octanol–water partition coefficient (Wildman–Crippen LogP) is 2.56.